The van der Waals surface area contributed by atoms with Gasteiger partial charge in [-0.1, -0.05) is 140 Å². The van der Waals surface area contributed by atoms with Gasteiger partial charge in [-0.2, -0.15) is 0 Å². The topological polar surface area (TPSA) is 134 Å². The van der Waals surface area contributed by atoms with E-state index in [-0.39, 0.29) is 32.6 Å². The Bertz CT molecular complexity index is 949. The van der Waals surface area contributed by atoms with E-state index in [4.69, 9.17) is 24.3 Å². The van der Waals surface area contributed by atoms with Crippen LogP contribution >= 0.6 is 7.82 Å². The SMILES string of the molecule is CCCCCCCCC/C=C/C/C=C/C/C=C/C/C=C/CCCC(=O)OC[C@@H](COP(=O)(O)OCCN)OC(=O)CCCCCCCCC. The highest BCUT2D eigenvalue weighted by Crippen LogP contribution is 2.43. The van der Waals surface area contributed by atoms with Crippen LogP contribution in [0, 0.1) is 0 Å². The Morgan fingerprint density at radius 1 is 0.612 bits per heavy atom. The molecule has 9 nitrogen and oxygen atoms in total. The fourth-order valence-electron chi connectivity index (χ4n) is 4.86. The summed E-state index contributed by atoms with van der Waals surface area (Å²) in [5.41, 5.74) is 5.31. The molecule has 0 saturated carbocycles. The van der Waals surface area contributed by atoms with Crippen molar-refractivity contribution >= 4 is 19.8 Å². The first-order valence-corrected chi connectivity index (χ1v) is 20.6. The molecule has 0 aromatic carbocycles. The summed E-state index contributed by atoms with van der Waals surface area (Å²) in [4.78, 5) is 34.5. The summed E-state index contributed by atoms with van der Waals surface area (Å²) in [6, 6.07) is 0. The number of ether oxygens (including phenoxy) is 2. The maximum absolute atomic E-state index is 12.4. The van der Waals surface area contributed by atoms with Crippen molar-refractivity contribution in [3.8, 4) is 0 Å². The molecule has 0 fully saturated rings. The molecule has 0 radical (unpaired) electrons. The fourth-order valence-corrected chi connectivity index (χ4v) is 5.63. The van der Waals surface area contributed by atoms with Gasteiger partial charge in [0.05, 0.1) is 13.2 Å². The minimum absolute atomic E-state index is 0.0452. The van der Waals surface area contributed by atoms with Crippen molar-refractivity contribution in [2.45, 2.75) is 161 Å². The van der Waals surface area contributed by atoms with Crippen LogP contribution in [0.2, 0.25) is 0 Å². The van der Waals surface area contributed by atoms with Crippen molar-refractivity contribution in [1.82, 2.24) is 0 Å². The monoisotopic (exact) mass is 711 g/mol. The van der Waals surface area contributed by atoms with E-state index < -0.39 is 32.5 Å². The third kappa shape index (κ3) is 35.6. The molecule has 1 unspecified atom stereocenters. The summed E-state index contributed by atoms with van der Waals surface area (Å²) in [7, 11) is -4.37. The Hall–Kier alpha value is -2.03. The number of esters is 2. The van der Waals surface area contributed by atoms with Gasteiger partial charge in [0.25, 0.3) is 0 Å². The molecule has 0 spiro atoms. The lowest BCUT2D eigenvalue weighted by Gasteiger charge is -2.19. The number of unbranched alkanes of at least 4 members (excludes halogenated alkanes) is 14. The van der Waals surface area contributed by atoms with Gasteiger partial charge in [0.1, 0.15) is 6.61 Å². The van der Waals surface area contributed by atoms with E-state index in [1.165, 1.54) is 70.6 Å². The molecule has 0 aliphatic heterocycles. The van der Waals surface area contributed by atoms with Crippen molar-refractivity contribution in [1.29, 1.82) is 0 Å². The van der Waals surface area contributed by atoms with Crippen molar-refractivity contribution in [3.63, 3.8) is 0 Å². The molecule has 3 N–H and O–H groups in total. The van der Waals surface area contributed by atoms with Crippen LogP contribution in [0.5, 0.6) is 0 Å². The Balaban J connectivity index is 4.21. The summed E-state index contributed by atoms with van der Waals surface area (Å²) in [6.45, 7) is 3.59. The number of hydrogen-bond acceptors (Lipinski definition) is 8. The Morgan fingerprint density at radius 2 is 1.08 bits per heavy atom. The van der Waals surface area contributed by atoms with Crippen LogP contribution in [-0.2, 0) is 32.7 Å². The van der Waals surface area contributed by atoms with Crippen LogP contribution in [0.25, 0.3) is 0 Å². The number of hydrogen-bond donors (Lipinski definition) is 2. The summed E-state index contributed by atoms with van der Waals surface area (Å²) in [6.07, 6.45) is 38.9. The molecule has 0 aromatic rings. The summed E-state index contributed by atoms with van der Waals surface area (Å²) < 4.78 is 32.4. The predicted molar refractivity (Wildman–Crippen MR) is 201 cm³/mol. The largest absolute Gasteiger partial charge is 0.472 e. The zero-order valence-electron chi connectivity index (χ0n) is 30.9. The Morgan fingerprint density at radius 3 is 1.63 bits per heavy atom. The molecule has 0 rings (SSSR count). The highest BCUT2D eigenvalue weighted by Gasteiger charge is 2.25. The fraction of sp³-hybridized carbons (Fsp3) is 0.744. The first-order valence-electron chi connectivity index (χ1n) is 19.1. The van der Waals surface area contributed by atoms with Gasteiger partial charge in [-0.3, -0.25) is 18.6 Å². The molecule has 0 aliphatic rings. The van der Waals surface area contributed by atoms with E-state index in [0.29, 0.717) is 12.8 Å². The van der Waals surface area contributed by atoms with Crippen molar-refractivity contribution < 1.29 is 37.6 Å². The molecule has 0 aliphatic carbocycles. The quantitative estimate of drug-likeness (QED) is 0.0285. The van der Waals surface area contributed by atoms with E-state index in [1.54, 1.807) is 0 Å². The molecular formula is C39H70NO8P. The number of rotatable bonds is 35. The third-order valence-corrected chi connectivity index (χ3v) is 8.70. The number of nitrogens with two attached hydrogens (primary N) is 1. The summed E-state index contributed by atoms with van der Waals surface area (Å²) >= 11 is 0. The lowest BCUT2D eigenvalue weighted by Crippen LogP contribution is -2.29. The minimum atomic E-state index is -4.37. The van der Waals surface area contributed by atoms with Gasteiger partial charge in [0, 0.05) is 19.4 Å². The second kappa shape index (κ2) is 35.8. The molecule has 49 heavy (non-hydrogen) atoms. The molecule has 0 bridgehead atoms. The highest BCUT2D eigenvalue weighted by molar-refractivity contribution is 7.47. The molecule has 2 atom stereocenters. The molecule has 0 saturated heterocycles. The minimum Gasteiger partial charge on any atom is -0.462 e. The van der Waals surface area contributed by atoms with Crippen LogP contribution < -0.4 is 5.73 Å². The third-order valence-electron chi connectivity index (χ3n) is 7.72. The van der Waals surface area contributed by atoms with Crippen LogP contribution in [0.1, 0.15) is 155 Å². The zero-order chi connectivity index (χ0) is 36.1. The average molecular weight is 712 g/mol. The van der Waals surface area contributed by atoms with Crippen molar-refractivity contribution in [3.05, 3.63) is 48.6 Å². The van der Waals surface area contributed by atoms with Crippen LogP contribution in [0.3, 0.4) is 0 Å². The van der Waals surface area contributed by atoms with Crippen LogP contribution in [0.15, 0.2) is 48.6 Å². The van der Waals surface area contributed by atoms with Gasteiger partial charge < -0.3 is 20.1 Å². The lowest BCUT2D eigenvalue weighted by molar-refractivity contribution is -0.161. The van der Waals surface area contributed by atoms with Crippen molar-refractivity contribution in [2.24, 2.45) is 5.73 Å². The normalized spacial score (nSPS) is 14.0. The lowest BCUT2D eigenvalue weighted by atomic mass is 10.1. The highest BCUT2D eigenvalue weighted by atomic mass is 31.2. The van der Waals surface area contributed by atoms with E-state index in [0.717, 1.165) is 44.9 Å². The maximum atomic E-state index is 12.4. The van der Waals surface area contributed by atoms with E-state index >= 15 is 0 Å². The maximum Gasteiger partial charge on any atom is 0.472 e. The first-order chi connectivity index (χ1) is 23.8. The second-order valence-electron chi connectivity index (χ2n) is 12.4. The Labute approximate surface area is 298 Å². The molecule has 0 aromatic heterocycles. The van der Waals surface area contributed by atoms with Gasteiger partial charge in [0.2, 0.25) is 0 Å². The number of phosphoric acid groups is 1. The Kier molecular flexibility index (Phi) is 34.3. The van der Waals surface area contributed by atoms with Crippen LogP contribution in [-0.4, -0.2) is 49.3 Å². The summed E-state index contributed by atoms with van der Waals surface area (Å²) in [5.74, 6) is -0.905. The molecule has 284 valence electrons. The van der Waals surface area contributed by atoms with Gasteiger partial charge in [-0.05, 0) is 51.4 Å². The van der Waals surface area contributed by atoms with Gasteiger partial charge in [0.15, 0.2) is 6.10 Å². The average Bonchev–Trinajstić information content (AvgIpc) is 3.08. The van der Waals surface area contributed by atoms with Crippen molar-refractivity contribution in [2.75, 3.05) is 26.4 Å². The zero-order valence-corrected chi connectivity index (χ0v) is 31.8. The van der Waals surface area contributed by atoms with Gasteiger partial charge in [-0.15, -0.1) is 0 Å². The van der Waals surface area contributed by atoms with Crippen LogP contribution in [0.4, 0.5) is 0 Å². The number of phosphoric ester groups is 1. The molecular weight excluding hydrogens is 641 g/mol. The molecule has 0 amide bonds. The number of allylic oxidation sites excluding steroid dienone is 8. The smallest absolute Gasteiger partial charge is 0.462 e. The number of carbonyl (C=O) groups is 2. The standard InChI is InChI=1S/C39H70NO8P/c1-3-5-7-9-11-12-13-14-15-16-17-18-19-20-21-22-23-24-26-27-29-31-38(41)45-35-37(36-47-49(43,44)46-34-33-40)48-39(42)32-30-28-25-10-8-6-4-2/h15-16,18-19,21-22,24,26,37H,3-14,17,20,23,25,27-36,40H2,1-2H3,(H,43,44)/b16-15+,19-18+,22-21+,26-24+/t37-/m0/s1. The molecule has 0 heterocycles. The number of carbonyl (C=O) groups excluding carboxylic acids is 2. The van der Waals surface area contributed by atoms with E-state index in [2.05, 4.69) is 56.4 Å². The molecule has 10 heteroatoms. The predicted octanol–water partition coefficient (Wildman–Crippen LogP) is 10.4. The van der Waals surface area contributed by atoms with E-state index in [9.17, 15) is 19.0 Å². The summed E-state index contributed by atoms with van der Waals surface area (Å²) in [5, 5.41) is 0. The first kappa shape index (κ1) is 47.0. The van der Waals surface area contributed by atoms with Gasteiger partial charge >= 0.3 is 19.8 Å². The second-order valence-corrected chi connectivity index (χ2v) is 13.9. The van der Waals surface area contributed by atoms with Gasteiger partial charge in [-0.25, -0.2) is 4.57 Å². The van der Waals surface area contributed by atoms with E-state index in [1.807, 2.05) is 6.08 Å².